The number of fused-ring (bicyclic) bond motifs is 1. The van der Waals surface area contributed by atoms with E-state index in [-0.39, 0.29) is 11.8 Å². The molecule has 1 aliphatic heterocycles. The van der Waals surface area contributed by atoms with Gasteiger partial charge in [-0.05, 0) is 48.9 Å². The van der Waals surface area contributed by atoms with Gasteiger partial charge < -0.3 is 10.1 Å². The summed E-state index contributed by atoms with van der Waals surface area (Å²) in [5.74, 6) is 0.293. The molecule has 0 radical (unpaired) electrons. The van der Waals surface area contributed by atoms with Crippen LogP contribution in [0.2, 0.25) is 0 Å². The van der Waals surface area contributed by atoms with Gasteiger partial charge >= 0.3 is 0 Å². The number of rotatable bonds is 6. The van der Waals surface area contributed by atoms with Crippen LogP contribution in [0, 0.1) is 0 Å². The van der Waals surface area contributed by atoms with Crippen LogP contribution in [0.3, 0.4) is 0 Å². The van der Waals surface area contributed by atoms with Crippen LogP contribution in [0.15, 0.2) is 78.9 Å². The topological polar surface area (TPSA) is 71.5 Å². The summed E-state index contributed by atoms with van der Waals surface area (Å²) in [7, 11) is 0. The lowest BCUT2D eigenvalue weighted by Crippen LogP contribution is -2.47. The van der Waals surface area contributed by atoms with E-state index in [0.29, 0.717) is 28.4 Å². The number of carbonyl (C=O) groups is 2. The van der Waals surface area contributed by atoms with Gasteiger partial charge in [0, 0.05) is 18.2 Å². The Hall–Kier alpha value is -3.97. The van der Waals surface area contributed by atoms with Crippen molar-refractivity contribution in [2.24, 2.45) is 0 Å². The number of benzene rings is 3. The maximum absolute atomic E-state index is 14.0. The Bertz CT molecular complexity index is 1360. The Balaban J connectivity index is 1.70. The van der Waals surface area contributed by atoms with E-state index >= 15 is 0 Å². The quantitative estimate of drug-likeness (QED) is 0.426. The van der Waals surface area contributed by atoms with Crippen LogP contribution in [-0.2, 0) is 9.59 Å². The molecule has 2 amide bonds. The zero-order chi connectivity index (χ0) is 23.7. The highest BCUT2D eigenvalue weighted by Gasteiger charge is 2.43. The number of ether oxygens (including phenoxy) is 1. The third kappa shape index (κ3) is 3.95. The molecule has 2 heterocycles. The molecule has 0 unspecified atom stereocenters. The highest BCUT2D eigenvalue weighted by molar-refractivity contribution is 7.19. The number of hydrogen-bond acceptors (Lipinski definition) is 5. The van der Waals surface area contributed by atoms with Crippen LogP contribution in [0.4, 0.5) is 5.69 Å². The maximum Gasteiger partial charge on any atom is 0.261 e. The predicted molar refractivity (Wildman–Crippen MR) is 136 cm³/mol. The van der Waals surface area contributed by atoms with Crippen LogP contribution in [-0.4, -0.2) is 29.6 Å². The number of aromatic nitrogens is 1. The minimum absolute atomic E-state index is 0.191. The summed E-state index contributed by atoms with van der Waals surface area (Å²) >= 11 is 1.51. The molecule has 170 valence electrons. The number of amides is 2. The number of anilines is 1. The van der Waals surface area contributed by atoms with Gasteiger partial charge in [0.2, 0.25) is 5.91 Å². The van der Waals surface area contributed by atoms with E-state index in [0.717, 1.165) is 21.5 Å². The van der Waals surface area contributed by atoms with E-state index in [1.54, 1.807) is 4.90 Å². The minimum atomic E-state index is -0.696. The second kappa shape index (κ2) is 9.11. The Morgan fingerprint density at radius 2 is 1.74 bits per heavy atom. The molecule has 1 aliphatic rings. The fourth-order valence-electron chi connectivity index (χ4n) is 4.18. The molecule has 0 aliphatic carbocycles. The largest absolute Gasteiger partial charge is 0.494 e. The Labute approximate surface area is 201 Å². The number of para-hydroxylation sites is 1. The van der Waals surface area contributed by atoms with E-state index in [1.165, 1.54) is 18.3 Å². The average molecular weight is 470 g/mol. The summed E-state index contributed by atoms with van der Waals surface area (Å²) in [6.45, 7) is 3.93. The van der Waals surface area contributed by atoms with Gasteiger partial charge in [0.25, 0.3) is 5.91 Å². The monoisotopic (exact) mass is 469 g/mol. The third-order valence-electron chi connectivity index (χ3n) is 5.59. The molecule has 0 saturated carbocycles. The highest BCUT2D eigenvalue weighted by Crippen LogP contribution is 2.43. The second-order valence-electron chi connectivity index (χ2n) is 7.85. The highest BCUT2D eigenvalue weighted by atomic mass is 32.1. The molecular formula is C27H23N3O3S. The lowest BCUT2D eigenvalue weighted by atomic mass is 10.0. The minimum Gasteiger partial charge on any atom is -0.494 e. The summed E-state index contributed by atoms with van der Waals surface area (Å²) in [5.41, 5.74) is 3.53. The lowest BCUT2D eigenvalue weighted by Gasteiger charge is -2.27. The Kier molecular flexibility index (Phi) is 5.86. The number of nitrogens with zero attached hydrogens (tertiary/aromatic N) is 2. The molecule has 0 saturated heterocycles. The first kappa shape index (κ1) is 21.9. The standard InChI is InChI=1S/C27H23N3O3S/c1-3-33-20-15-13-19(14-16-20)30-25(28-17(2)31)24(23(27(30)32)18-9-5-4-6-10-18)26-29-21-11-7-8-12-22(21)34-26/h4-16,25H,3H2,1-2H3,(H,28,31)/t25-/m1/s1. The zero-order valence-corrected chi connectivity index (χ0v) is 19.6. The van der Waals surface area contributed by atoms with Crippen molar-refractivity contribution in [2.45, 2.75) is 20.0 Å². The van der Waals surface area contributed by atoms with E-state index in [2.05, 4.69) is 5.32 Å². The Morgan fingerprint density at radius 3 is 2.41 bits per heavy atom. The SMILES string of the molecule is CCOc1ccc(N2C(=O)C(c3ccccc3)=C(c3nc4ccccc4s3)[C@@H]2NC(C)=O)cc1. The van der Waals surface area contributed by atoms with Crippen LogP contribution < -0.4 is 15.0 Å². The van der Waals surface area contributed by atoms with Crippen molar-refractivity contribution in [1.82, 2.24) is 10.3 Å². The van der Waals surface area contributed by atoms with Gasteiger partial charge in [0.15, 0.2) is 0 Å². The average Bonchev–Trinajstić information content (AvgIpc) is 3.38. The first-order valence-corrected chi connectivity index (χ1v) is 11.9. The van der Waals surface area contributed by atoms with E-state index in [9.17, 15) is 9.59 Å². The molecule has 1 N–H and O–H groups in total. The molecule has 3 aromatic carbocycles. The first-order chi connectivity index (χ1) is 16.6. The van der Waals surface area contributed by atoms with E-state index < -0.39 is 6.17 Å². The number of thiazole rings is 1. The zero-order valence-electron chi connectivity index (χ0n) is 18.8. The number of nitrogens with one attached hydrogen (secondary N) is 1. The fourth-order valence-corrected chi connectivity index (χ4v) is 5.22. The van der Waals surface area contributed by atoms with Crippen LogP contribution in [0.25, 0.3) is 21.4 Å². The molecule has 7 heteroatoms. The van der Waals surface area contributed by atoms with Gasteiger partial charge in [-0.25, -0.2) is 4.98 Å². The maximum atomic E-state index is 14.0. The molecule has 0 fully saturated rings. The van der Waals surface area contributed by atoms with Gasteiger partial charge in [-0.1, -0.05) is 42.5 Å². The molecule has 1 atom stereocenters. The molecular weight excluding hydrogens is 446 g/mol. The van der Waals surface area contributed by atoms with Crippen molar-refractivity contribution in [3.8, 4) is 5.75 Å². The molecule has 0 spiro atoms. The van der Waals surface area contributed by atoms with Crippen LogP contribution in [0.5, 0.6) is 5.75 Å². The van der Waals surface area contributed by atoms with Gasteiger partial charge in [-0.2, -0.15) is 0 Å². The molecule has 4 aromatic rings. The first-order valence-electron chi connectivity index (χ1n) is 11.1. The molecule has 1 aromatic heterocycles. The number of hydrogen-bond donors (Lipinski definition) is 1. The number of carbonyl (C=O) groups excluding carboxylic acids is 2. The summed E-state index contributed by atoms with van der Waals surface area (Å²) in [6, 6.07) is 24.7. The van der Waals surface area contributed by atoms with E-state index in [4.69, 9.17) is 9.72 Å². The van der Waals surface area contributed by atoms with Crippen molar-refractivity contribution in [3.63, 3.8) is 0 Å². The Morgan fingerprint density at radius 1 is 1.03 bits per heavy atom. The molecule has 34 heavy (non-hydrogen) atoms. The summed E-state index contributed by atoms with van der Waals surface area (Å²) in [5, 5.41) is 3.71. The van der Waals surface area contributed by atoms with Gasteiger partial charge in [0.1, 0.15) is 16.9 Å². The fraction of sp³-hybridized carbons (Fsp3) is 0.148. The summed E-state index contributed by atoms with van der Waals surface area (Å²) in [6.07, 6.45) is -0.696. The predicted octanol–water partition coefficient (Wildman–Crippen LogP) is 5.11. The normalized spacial score (nSPS) is 15.8. The smallest absolute Gasteiger partial charge is 0.261 e. The van der Waals surface area contributed by atoms with Crippen molar-refractivity contribution in [3.05, 3.63) is 89.4 Å². The van der Waals surface area contributed by atoms with E-state index in [1.807, 2.05) is 85.8 Å². The summed E-state index contributed by atoms with van der Waals surface area (Å²) in [4.78, 5) is 32.7. The molecule has 6 nitrogen and oxygen atoms in total. The van der Waals surface area contributed by atoms with Crippen LogP contribution in [0.1, 0.15) is 24.4 Å². The van der Waals surface area contributed by atoms with Crippen molar-refractivity contribution >= 4 is 50.2 Å². The second-order valence-corrected chi connectivity index (χ2v) is 8.88. The lowest BCUT2D eigenvalue weighted by molar-refractivity contribution is -0.119. The van der Waals surface area contributed by atoms with Crippen LogP contribution >= 0.6 is 11.3 Å². The van der Waals surface area contributed by atoms with Gasteiger partial charge in [-0.3, -0.25) is 14.5 Å². The molecule has 0 bridgehead atoms. The summed E-state index contributed by atoms with van der Waals surface area (Å²) < 4.78 is 6.58. The third-order valence-corrected chi connectivity index (χ3v) is 6.66. The van der Waals surface area contributed by atoms with Crippen molar-refractivity contribution in [1.29, 1.82) is 0 Å². The van der Waals surface area contributed by atoms with Crippen molar-refractivity contribution in [2.75, 3.05) is 11.5 Å². The molecule has 5 rings (SSSR count). The van der Waals surface area contributed by atoms with Crippen molar-refractivity contribution < 1.29 is 14.3 Å². The van der Waals surface area contributed by atoms with Gasteiger partial charge in [-0.15, -0.1) is 11.3 Å². The van der Waals surface area contributed by atoms with Gasteiger partial charge in [0.05, 0.1) is 22.4 Å².